The minimum absolute atomic E-state index is 0.0468. The fraction of sp³-hybridized carbons (Fsp3) is 0.550. The van der Waals surface area contributed by atoms with Gasteiger partial charge in [0.15, 0.2) is 5.43 Å². The number of β-amino-alcohol motifs (C(OH)–C–C–N with tert-alkyl or cyclic N) is 1. The van der Waals surface area contributed by atoms with Crippen molar-refractivity contribution in [3.63, 3.8) is 0 Å². The van der Waals surface area contributed by atoms with Crippen molar-refractivity contribution in [2.24, 2.45) is 0 Å². The Hall–Kier alpha value is -1.44. The fourth-order valence-electron chi connectivity index (χ4n) is 4.20. The molecule has 0 spiro atoms. The molecule has 2 aliphatic heterocycles. The molecule has 2 saturated heterocycles. The van der Waals surface area contributed by atoms with Gasteiger partial charge in [-0.15, -0.1) is 0 Å². The van der Waals surface area contributed by atoms with Crippen molar-refractivity contribution in [2.75, 3.05) is 46.3 Å². The molecule has 1 aromatic carbocycles. The number of nitrogens with zero attached hydrogens (tertiary/aromatic N) is 3. The highest BCUT2D eigenvalue weighted by molar-refractivity contribution is 6.31. The van der Waals surface area contributed by atoms with E-state index in [4.69, 9.17) is 16.0 Å². The molecule has 7 heteroatoms. The van der Waals surface area contributed by atoms with E-state index in [0.717, 1.165) is 39.1 Å². The summed E-state index contributed by atoms with van der Waals surface area (Å²) >= 11 is 6.02. The van der Waals surface area contributed by atoms with Crippen LogP contribution in [0.3, 0.4) is 0 Å². The first-order valence-electron chi connectivity index (χ1n) is 9.54. The van der Waals surface area contributed by atoms with Crippen molar-refractivity contribution in [1.29, 1.82) is 0 Å². The summed E-state index contributed by atoms with van der Waals surface area (Å²) in [5.74, 6) is 0. The zero-order chi connectivity index (χ0) is 19.0. The minimum Gasteiger partial charge on any atom is -0.464 e. The maximum absolute atomic E-state index is 12.8. The Morgan fingerprint density at radius 2 is 2.00 bits per heavy atom. The molecule has 2 fully saturated rings. The summed E-state index contributed by atoms with van der Waals surface area (Å²) in [6.07, 6.45) is 2.05. The Kier molecular flexibility index (Phi) is 5.53. The number of aliphatic hydroxyl groups is 1. The lowest BCUT2D eigenvalue weighted by atomic mass is 9.98. The van der Waals surface area contributed by atoms with Crippen LogP contribution in [0.5, 0.6) is 0 Å². The van der Waals surface area contributed by atoms with E-state index in [1.165, 1.54) is 6.26 Å². The van der Waals surface area contributed by atoms with E-state index in [-0.39, 0.29) is 11.5 Å². The average molecular weight is 392 g/mol. The Morgan fingerprint density at radius 1 is 1.22 bits per heavy atom. The molecule has 4 rings (SSSR count). The number of halogens is 1. The molecule has 1 aromatic heterocycles. The largest absolute Gasteiger partial charge is 0.464 e. The normalized spacial score (nSPS) is 25.9. The van der Waals surface area contributed by atoms with Gasteiger partial charge in [0.25, 0.3) is 0 Å². The van der Waals surface area contributed by atoms with Crippen LogP contribution < -0.4 is 5.43 Å². The van der Waals surface area contributed by atoms with E-state index in [9.17, 15) is 9.90 Å². The predicted octanol–water partition coefficient (Wildman–Crippen LogP) is 1.63. The second-order valence-electron chi connectivity index (χ2n) is 7.73. The quantitative estimate of drug-likeness (QED) is 0.858. The van der Waals surface area contributed by atoms with E-state index in [1.807, 2.05) is 0 Å². The van der Waals surface area contributed by atoms with Gasteiger partial charge in [-0.2, -0.15) is 0 Å². The summed E-state index contributed by atoms with van der Waals surface area (Å²) in [6, 6.07) is 5.29. The van der Waals surface area contributed by atoms with Gasteiger partial charge in [0.2, 0.25) is 0 Å². The monoisotopic (exact) mass is 391 g/mol. The fourth-order valence-corrected chi connectivity index (χ4v) is 4.37. The Balaban J connectivity index is 1.43. The smallest absolute Gasteiger partial charge is 0.197 e. The number of hydrogen-bond acceptors (Lipinski definition) is 6. The summed E-state index contributed by atoms with van der Waals surface area (Å²) in [5, 5.41) is 11.7. The van der Waals surface area contributed by atoms with Crippen LogP contribution in [0.15, 0.2) is 33.7 Å². The molecule has 2 aromatic rings. The van der Waals surface area contributed by atoms with Crippen molar-refractivity contribution in [1.82, 2.24) is 14.7 Å². The highest BCUT2D eigenvalue weighted by Gasteiger charge is 2.33. The van der Waals surface area contributed by atoms with E-state index in [2.05, 4.69) is 21.7 Å². The molecule has 0 aliphatic carbocycles. The Bertz CT molecular complexity index is 863. The molecule has 6 nitrogen and oxygen atoms in total. The van der Waals surface area contributed by atoms with Gasteiger partial charge in [0.05, 0.1) is 17.8 Å². The predicted molar refractivity (Wildman–Crippen MR) is 106 cm³/mol. The average Bonchev–Trinajstić information content (AvgIpc) is 2.66. The SMILES string of the molecule is CN1CCN([C@@H]2CCN(Cc3coc4ccc(Cl)cc4c3=O)C[C@H]2O)CC1. The van der Waals surface area contributed by atoms with E-state index < -0.39 is 6.10 Å². The number of hydrogen-bond donors (Lipinski definition) is 1. The zero-order valence-electron chi connectivity index (χ0n) is 15.6. The van der Waals surface area contributed by atoms with E-state index >= 15 is 0 Å². The van der Waals surface area contributed by atoms with Crippen LogP contribution in [0.1, 0.15) is 12.0 Å². The van der Waals surface area contributed by atoms with Gasteiger partial charge >= 0.3 is 0 Å². The van der Waals surface area contributed by atoms with Crippen molar-refractivity contribution in [3.8, 4) is 0 Å². The Morgan fingerprint density at radius 3 is 2.74 bits per heavy atom. The molecule has 27 heavy (non-hydrogen) atoms. The number of rotatable bonds is 3. The molecule has 2 atom stereocenters. The lowest BCUT2D eigenvalue weighted by Crippen LogP contribution is -2.58. The molecule has 3 heterocycles. The summed E-state index contributed by atoms with van der Waals surface area (Å²) < 4.78 is 5.61. The summed E-state index contributed by atoms with van der Waals surface area (Å²) in [7, 11) is 2.14. The minimum atomic E-state index is -0.399. The van der Waals surface area contributed by atoms with Crippen molar-refractivity contribution < 1.29 is 9.52 Å². The lowest BCUT2D eigenvalue weighted by molar-refractivity contribution is -0.0287. The molecular weight excluding hydrogens is 366 g/mol. The third-order valence-corrected chi connectivity index (χ3v) is 6.07. The van der Waals surface area contributed by atoms with Gasteiger partial charge in [-0.05, 0) is 31.7 Å². The van der Waals surface area contributed by atoms with Crippen LogP contribution in [0.2, 0.25) is 5.02 Å². The number of likely N-dealkylation sites (tertiary alicyclic amines) is 1. The molecule has 2 aliphatic rings. The van der Waals surface area contributed by atoms with Crippen LogP contribution in [0, 0.1) is 0 Å². The van der Waals surface area contributed by atoms with Crippen molar-refractivity contribution >= 4 is 22.6 Å². The molecular formula is C20H26ClN3O3. The third-order valence-electron chi connectivity index (χ3n) is 5.84. The number of aliphatic hydroxyl groups excluding tert-OH is 1. The Labute approximate surface area is 163 Å². The zero-order valence-corrected chi connectivity index (χ0v) is 16.4. The summed E-state index contributed by atoms with van der Waals surface area (Å²) in [5.41, 5.74) is 1.10. The topological polar surface area (TPSA) is 60.2 Å². The molecule has 1 N–H and O–H groups in total. The van der Waals surface area contributed by atoms with Crippen LogP contribution >= 0.6 is 11.6 Å². The standard InChI is InChI=1S/C20H26ClN3O3/c1-22-6-8-24(9-7-22)17-4-5-23(12-18(17)25)11-14-13-27-19-3-2-15(21)10-16(19)20(14)26/h2-3,10,13,17-18,25H,4-9,11-12H2,1H3/t17-,18-/m1/s1. The van der Waals surface area contributed by atoms with Crippen molar-refractivity contribution in [2.45, 2.75) is 25.1 Å². The highest BCUT2D eigenvalue weighted by atomic mass is 35.5. The van der Waals surface area contributed by atoms with Gasteiger partial charge in [0, 0.05) is 62.4 Å². The van der Waals surface area contributed by atoms with Gasteiger partial charge in [-0.1, -0.05) is 11.6 Å². The maximum Gasteiger partial charge on any atom is 0.197 e. The molecule has 0 radical (unpaired) electrons. The molecule has 146 valence electrons. The molecule has 0 amide bonds. The van der Waals surface area contributed by atoms with E-state index in [1.54, 1.807) is 18.2 Å². The number of benzene rings is 1. The van der Waals surface area contributed by atoms with Crippen LogP contribution in [-0.4, -0.2) is 78.3 Å². The number of piperazine rings is 1. The van der Waals surface area contributed by atoms with Gasteiger partial charge in [-0.3, -0.25) is 14.6 Å². The van der Waals surface area contributed by atoms with Gasteiger partial charge < -0.3 is 14.4 Å². The van der Waals surface area contributed by atoms with Crippen LogP contribution in [0.4, 0.5) is 0 Å². The first-order valence-corrected chi connectivity index (χ1v) is 9.92. The highest BCUT2D eigenvalue weighted by Crippen LogP contribution is 2.21. The molecule has 0 bridgehead atoms. The third kappa shape index (κ3) is 4.05. The number of likely N-dealkylation sites (N-methyl/N-ethyl adjacent to an activating group) is 1. The van der Waals surface area contributed by atoms with Crippen molar-refractivity contribution in [3.05, 3.63) is 45.3 Å². The summed E-state index contributed by atoms with van der Waals surface area (Å²) in [6.45, 7) is 6.03. The second-order valence-corrected chi connectivity index (χ2v) is 8.16. The molecule has 0 unspecified atom stereocenters. The molecule has 0 saturated carbocycles. The maximum atomic E-state index is 12.8. The number of fused-ring (bicyclic) bond motifs is 1. The van der Waals surface area contributed by atoms with Crippen LogP contribution in [-0.2, 0) is 6.54 Å². The first-order chi connectivity index (χ1) is 13.0. The van der Waals surface area contributed by atoms with Crippen LogP contribution in [0.25, 0.3) is 11.0 Å². The van der Waals surface area contributed by atoms with Gasteiger partial charge in [-0.25, -0.2) is 0 Å². The second kappa shape index (κ2) is 7.89. The van der Waals surface area contributed by atoms with Gasteiger partial charge in [0.1, 0.15) is 5.58 Å². The first kappa shape index (κ1) is 18.9. The number of piperidine rings is 1. The van der Waals surface area contributed by atoms with E-state index in [0.29, 0.717) is 34.6 Å². The summed E-state index contributed by atoms with van der Waals surface area (Å²) in [4.78, 5) is 19.6. The lowest BCUT2D eigenvalue weighted by Gasteiger charge is -2.44.